The molecular formula is C18H16F3N3O. The highest BCUT2D eigenvalue weighted by Gasteiger charge is 2.29. The number of alkyl halides is 3. The van der Waals surface area contributed by atoms with Gasteiger partial charge >= 0.3 is 6.18 Å². The zero-order valence-electron chi connectivity index (χ0n) is 13.7. The van der Waals surface area contributed by atoms with Crippen LogP contribution in [0.5, 0.6) is 0 Å². The van der Waals surface area contributed by atoms with Crippen LogP contribution in [0.1, 0.15) is 16.7 Å². The number of fused-ring (bicyclic) bond motifs is 1. The molecule has 0 aliphatic rings. The van der Waals surface area contributed by atoms with Crippen LogP contribution >= 0.6 is 0 Å². The number of halogens is 3. The zero-order chi connectivity index (χ0) is 18.2. The fourth-order valence-electron chi connectivity index (χ4n) is 2.54. The van der Waals surface area contributed by atoms with Crippen LogP contribution in [0.3, 0.4) is 0 Å². The Morgan fingerprint density at radius 1 is 1.12 bits per heavy atom. The van der Waals surface area contributed by atoms with Gasteiger partial charge in [-0.05, 0) is 61.4 Å². The minimum absolute atomic E-state index is 0.0278. The van der Waals surface area contributed by atoms with E-state index in [0.29, 0.717) is 5.69 Å². The lowest BCUT2D eigenvalue weighted by Crippen LogP contribution is -2.18. The normalized spacial score (nSPS) is 11.7. The lowest BCUT2D eigenvalue weighted by molar-refractivity contribution is -0.137. The average molecular weight is 347 g/mol. The summed E-state index contributed by atoms with van der Waals surface area (Å²) >= 11 is 0. The molecule has 0 spiro atoms. The number of benzene rings is 2. The summed E-state index contributed by atoms with van der Waals surface area (Å²) in [6.45, 7) is 4.00. The number of imidazole rings is 1. The number of carbonyl (C=O) groups is 1. The quantitative estimate of drug-likeness (QED) is 0.767. The first-order valence-electron chi connectivity index (χ1n) is 7.63. The van der Waals surface area contributed by atoms with E-state index in [1.54, 1.807) is 10.9 Å². The number of nitrogens with zero attached hydrogens (tertiary/aromatic N) is 2. The fourth-order valence-corrected chi connectivity index (χ4v) is 2.54. The molecule has 7 heteroatoms. The number of hydrogen-bond acceptors (Lipinski definition) is 2. The van der Waals surface area contributed by atoms with E-state index in [1.165, 1.54) is 12.1 Å². The zero-order valence-corrected chi connectivity index (χ0v) is 13.7. The van der Waals surface area contributed by atoms with Gasteiger partial charge in [0, 0.05) is 5.69 Å². The van der Waals surface area contributed by atoms with Gasteiger partial charge in [-0.25, -0.2) is 4.98 Å². The fraction of sp³-hybridized carbons (Fsp3) is 0.222. The summed E-state index contributed by atoms with van der Waals surface area (Å²) in [5.74, 6) is -0.336. The Balaban J connectivity index is 1.74. The van der Waals surface area contributed by atoms with Crippen LogP contribution in [-0.2, 0) is 17.5 Å². The second-order valence-corrected chi connectivity index (χ2v) is 5.92. The molecule has 0 radical (unpaired) electrons. The molecule has 4 nitrogen and oxygen atoms in total. The molecule has 0 aliphatic carbocycles. The number of anilines is 1. The third-order valence-corrected chi connectivity index (χ3v) is 4.05. The van der Waals surface area contributed by atoms with Crippen LogP contribution in [0.4, 0.5) is 18.9 Å². The molecule has 0 atom stereocenters. The molecule has 1 aromatic heterocycles. The van der Waals surface area contributed by atoms with E-state index >= 15 is 0 Å². The summed E-state index contributed by atoms with van der Waals surface area (Å²) in [6.07, 6.45) is -2.82. The van der Waals surface area contributed by atoms with E-state index in [0.717, 1.165) is 34.3 Å². The van der Waals surface area contributed by atoms with Crippen LogP contribution in [0.25, 0.3) is 11.0 Å². The summed E-state index contributed by atoms with van der Waals surface area (Å²) in [5.41, 5.74) is 3.41. The van der Waals surface area contributed by atoms with E-state index in [9.17, 15) is 18.0 Å². The predicted octanol–water partition coefficient (Wildman–Crippen LogP) is 4.31. The second kappa shape index (κ2) is 6.23. The van der Waals surface area contributed by atoms with Crippen LogP contribution < -0.4 is 5.32 Å². The first-order chi connectivity index (χ1) is 11.7. The first kappa shape index (κ1) is 17.0. The Hall–Kier alpha value is -2.83. The van der Waals surface area contributed by atoms with E-state index in [2.05, 4.69) is 10.3 Å². The van der Waals surface area contributed by atoms with E-state index in [-0.39, 0.29) is 12.5 Å². The highest BCUT2D eigenvalue weighted by Crippen LogP contribution is 2.29. The summed E-state index contributed by atoms with van der Waals surface area (Å²) in [7, 11) is 0. The number of aryl methyl sites for hydroxylation is 2. The van der Waals surface area contributed by atoms with Crippen molar-refractivity contribution in [1.29, 1.82) is 0 Å². The van der Waals surface area contributed by atoms with Gasteiger partial charge in [-0.15, -0.1) is 0 Å². The van der Waals surface area contributed by atoms with Crippen molar-refractivity contribution in [3.63, 3.8) is 0 Å². The van der Waals surface area contributed by atoms with Crippen molar-refractivity contribution in [2.75, 3.05) is 5.32 Å². The topological polar surface area (TPSA) is 46.9 Å². The van der Waals surface area contributed by atoms with Crippen molar-refractivity contribution in [1.82, 2.24) is 9.55 Å². The number of rotatable bonds is 3. The van der Waals surface area contributed by atoms with Gasteiger partial charge in [0.2, 0.25) is 5.91 Å². The Morgan fingerprint density at radius 3 is 2.40 bits per heavy atom. The van der Waals surface area contributed by atoms with Gasteiger partial charge in [0.15, 0.2) is 0 Å². The summed E-state index contributed by atoms with van der Waals surface area (Å²) in [5, 5.41) is 2.59. The number of aromatic nitrogens is 2. The molecule has 3 aromatic rings. The van der Waals surface area contributed by atoms with E-state index in [1.807, 2.05) is 26.0 Å². The molecule has 1 N–H and O–H groups in total. The molecule has 0 unspecified atom stereocenters. The monoisotopic (exact) mass is 347 g/mol. The maximum atomic E-state index is 12.5. The summed E-state index contributed by atoms with van der Waals surface area (Å²) in [6, 6.07) is 8.27. The van der Waals surface area contributed by atoms with Crippen LogP contribution in [0, 0.1) is 13.8 Å². The highest BCUT2D eigenvalue weighted by molar-refractivity contribution is 5.91. The third-order valence-electron chi connectivity index (χ3n) is 4.05. The van der Waals surface area contributed by atoms with Crippen LogP contribution in [0.2, 0.25) is 0 Å². The lowest BCUT2D eigenvalue weighted by Gasteiger charge is -2.10. The molecule has 3 rings (SSSR count). The molecule has 130 valence electrons. The number of amides is 1. The molecular weight excluding hydrogens is 331 g/mol. The molecule has 25 heavy (non-hydrogen) atoms. The first-order valence-corrected chi connectivity index (χ1v) is 7.63. The highest BCUT2D eigenvalue weighted by atomic mass is 19.4. The standard InChI is InChI=1S/C18H16F3N3O/c1-11-7-15-16(8-12(11)2)24(10-22-15)9-17(25)23-14-5-3-13(4-6-14)18(19,20)21/h3-8,10H,9H2,1-2H3,(H,23,25). The van der Waals surface area contributed by atoms with Gasteiger partial charge in [0.1, 0.15) is 6.54 Å². The lowest BCUT2D eigenvalue weighted by atomic mass is 10.1. The smallest absolute Gasteiger partial charge is 0.325 e. The van der Waals surface area contributed by atoms with Crippen molar-refractivity contribution < 1.29 is 18.0 Å². The van der Waals surface area contributed by atoms with Crippen molar-refractivity contribution in [2.45, 2.75) is 26.6 Å². The van der Waals surface area contributed by atoms with Gasteiger partial charge in [-0.3, -0.25) is 4.79 Å². The number of nitrogens with one attached hydrogen (secondary N) is 1. The van der Waals surface area contributed by atoms with Gasteiger partial charge in [-0.2, -0.15) is 13.2 Å². The third kappa shape index (κ3) is 3.65. The molecule has 0 fully saturated rings. The van der Waals surface area contributed by atoms with Crippen molar-refractivity contribution >= 4 is 22.6 Å². The summed E-state index contributed by atoms with van der Waals surface area (Å²) in [4.78, 5) is 16.5. The number of carbonyl (C=O) groups excluding carboxylic acids is 1. The Morgan fingerprint density at radius 2 is 1.76 bits per heavy atom. The number of hydrogen-bond donors (Lipinski definition) is 1. The molecule has 0 saturated carbocycles. The largest absolute Gasteiger partial charge is 0.416 e. The molecule has 0 saturated heterocycles. The Bertz CT molecular complexity index is 927. The predicted molar refractivity (Wildman–Crippen MR) is 89.3 cm³/mol. The van der Waals surface area contributed by atoms with Gasteiger partial charge < -0.3 is 9.88 Å². The average Bonchev–Trinajstić information content (AvgIpc) is 2.89. The van der Waals surface area contributed by atoms with Gasteiger partial charge in [0.25, 0.3) is 0 Å². The van der Waals surface area contributed by atoms with Gasteiger partial charge in [-0.1, -0.05) is 0 Å². The minimum Gasteiger partial charge on any atom is -0.325 e. The maximum absolute atomic E-state index is 12.5. The van der Waals surface area contributed by atoms with E-state index < -0.39 is 11.7 Å². The maximum Gasteiger partial charge on any atom is 0.416 e. The molecule has 0 aliphatic heterocycles. The van der Waals surface area contributed by atoms with Crippen molar-refractivity contribution in [2.24, 2.45) is 0 Å². The van der Waals surface area contributed by atoms with Crippen LogP contribution in [-0.4, -0.2) is 15.5 Å². The summed E-state index contributed by atoms with van der Waals surface area (Å²) < 4.78 is 39.3. The van der Waals surface area contributed by atoms with Gasteiger partial charge in [0.05, 0.1) is 22.9 Å². The van der Waals surface area contributed by atoms with E-state index in [4.69, 9.17) is 0 Å². The molecule has 1 amide bonds. The second-order valence-electron chi connectivity index (χ2n) is 5.92. The molecule has 1 heterocycles. The molecule has 2 aromatic carbocycles. The SMILES string of the molecule is Cc1cc2ncn(CC(=O)Nc3ccc(C(F)(F)F)cc3)c2cc1C. The molecule has 0 bridgehead atoms. The minimum atomic E-state index is -4.39. The van der Waals surface area contributed by atoms with Crippen molar-refractivity contribution in [3.8, 4) is 0 Å². The van der Waals surface area contributed by atoms with Crippen LogP contribution in [0.15, 0.2) is 42.7 Å². The van der Waals surface area contributed by atoms with Crippen molar-refractivity contribution in [3.05, 3.63) is 59.4 Å². The Labute approximate surface area is 142 Å². The Kier molecular flexibility index (Phi) is 4.24.